The molecule has 0 aliphatic heterocycles. The minimum absolute atomic E-state index is 0.768. The molecule has 0 aromatic heterocycles. The third-order valence-corrected chi connectivity index (χ3v) is 4.56. The van der Waals surface area contributed by atoms with E-state index in [-0.39, 0.29) is 0 Å². The molecule has 0 fully saturated rings. The minimum atomic E-state index is 0.768. The standard InChI is InChI=1S/C15H15Br2NO/c1-10-4-3-5-13(15(10)17)18-9-11-6-7-14(19-2)12(16)8-11/h3-8,18H,9H2,1-2H3. The smallest absolute Gasteiger partial charge is 0.133 e. The summed E-state index contributed by atoms with van der Waals surface area (Å²) in [7, 11) is 1.67. The fraction of sp³-hybridized carbons (Fsp3) is 0.200. The number of ether oxygens (including phenoxy) is 1. The number of aryl methyl sites for hydroxylation is 1. The van der Waals surface area contributed by atoms with E-state index >= 15 is 0 Å². The summed E-state index contributed by atoms with van der Waals surface area (Å²) >= 11 is 7.10. The Balaban J connectivity index is 2.10. The highest BCUT2D eigenvalue weighted by Crippen LogP contribution is 2.28. The second kappa shape index (κ2) is 6.44. The molecule has 19 heavy (non-hydrogen) atoms. The summed E-state index contributed by atoms with van der Waals surface area (Å²) in [5.74, 6) is 0.848. The second-order valence-corrected chi connectivity index (χ2v) is 5.91. The van der Waals surface area contributed by atoms with E-state index in [2.05, 4.69) is 68.4 Å². The van der Waals surface area contributed by atoms with Crippen molar-refractivity contribution >= 4 is 37.5 Å². The van der Waals surface area contributed by atoms with E-state index < -0.39 is 0 Å². The Morgan fingerprint density at radius 3 is 2.63 bits per heavy atom. The molecular weight excluding hydrogens is 370 g/mol. The highest BCUT2D eigenvalue weighted by atomic mass is 79.9. The van der Waals surface area contributed by atoms with Gasteiger partial charge in [0.25, 0.3) is 0 Å². The Morgan fingerprint density at radius 2 is 1.95 bits per heavy atom. The molecule has 2 nitrogen and oxygen atoms in total. The number of nitrogens with one attached hydrogen (secondary N) is 1. The van der Waals surface area contributed by atoms with Crippen molar-refractivity contribution in [3.8, 4) is 5.75 Å². The predicted molar refractivity (Wildman–Crippen MR) is 86.9 cm³/mol. The molecule has 2 rings (SSSR count). The first kappa shape index (κ1) is 14.4. The number of hydrogen-bond donors (Lipinski definition) is 1. The topological polar surface area (TPSA) is 21.3 Å². The van der Waals surface area contributed by atoms with E-state index in [0.29, 0.717) is 0 Å². The number of anilines is 1. The van der Waals surface area contributed by atoms with Crippen molar-refractivity contribution in [2.75, 3.05) is 12.4 Å². The van der Waals surface area contributed by atoms with E-state index in [0.717, 1.165) is 26.9 Å². The van der Waals surface area contributed by atoms with Crippen LogP contribution in [0.5, 0.6) is 5.75 Å². The molecule has 2 aromatic carbocycles. The maximum absolute atomic E-state index is 5.22. The number of methoxy groups -OCH3 is 1. The van der Waals surface area contributed by atoms with Gasteiger partial charge in [0.2, 0.25) is 0 Å². The summed E-state index contributed by atoms with van der Waals surface area (Å²) in [6, 6.07) is 12.3. The van der Waals surface area contributed by atoms with Crippen molar-refractivity contribution < 1.29 is 4.74 Å². The molecule has 0 spiro atoms. The van der Waals surface area contributed by atoms with Crippen LogP contribution in [0.4, 0.5) is 5.69 Å². The molecule has 0 aliphatic rings. The summed E-state index contributed by atoms with van der Waals surface area (Å²) in [6.07, 6.45) is 0. The number of rotatable bonds is 4. The van der Waals surface area contributed by atoms with E-state index in [1.165, 1.54) is 11.1 Å². The van der Waals surface area contributed by atoms with Crippen LogP contribution in [0.3, 0.4) is 0 Å². The van der Waals surface area contributed by atoms with Gasteiger partial charge in [-0.2, -0.15) is 0 Å². The van der Waals surface area contributed by atoms with Crippen LogP contribution in [0.15, 0.2) is 45.3 Å². The Kier molecular flexibility index (Phi) is 4.88. The third-order valence-electron chi connectivity index (χ3n) is 2.89. The van der Waals surface area contributed by atoms with Crippen LogP contribution in [-0.4, -0.2) is 7.11 Å². The number of halogens is 2. The van der Waals surface area contributed by atoms with Gasteiger partial charge in [-0.25, -0.2) is 0 Å². The molecule has 100 valence electrons. The molecule has 1 N–H and O–H groups in total. The summed E-state index contributed by atoms with van der Waals surface area (Å²) in [6.45, 7) is 2.85. The SMILES string of the molecule is COc1ccc(CNc2cccc(C)c2Br)cc1Br. The lowest BCUT2D eigenvalue weighted by Gasteiger charge is -2.11. The van der Waals surface area contributed by atoms with Crippen molar-refractivity contribution in [2.45, 2.75) is 13.5 Å². The first-order valence-electron chi connectivity index (χ1n) is 5.93. The van der Waals surface area contributed by atoms with Crippen LogP contribution in [0.25, 0.3) is 0 Å². The predicted octanol–water partition coefficient (Wildman–Crippen LogP) is 5.14. The van der Waals surface area contributed by atoms with Crippen LogP contribution < -0.4 is 10.1 Å². The molecule has 0 bridgehead atoms. The second-order valence-electron chi connectivity index (χ2n) is 4.26. The molecule has 2 aromatic rings. The normalized spacial score (nSPS) is 10.3. The molecule has 0 unspecified atom stereocenters. The summed E-state index contributed by atoms with van der Waals surface area (Å²) in [5.41, 5.74) is 3.52. The van der Waals surface area contributed by atoms with Crippen LogP contribution >= 0.6 is 31.9 Å². The molecule has 0 saturated carbocycles. The van der Waals surface area contributed by atoms with E-state index in [9.17, 15) is 0 Å². The molecule has 0 aliphatic carbocycles. The van der Waals surface area contributed by atoms with Gasteiger partial charge in [0.05, 0.1) is 11.6 Å². The zero-order valence-corrected chi connectivity index (χ0v) is 14.0. The van der Waals surface area contributed by atoms with Crippen molar-refractivity contribution in [3.05, 3.63) is 56.5 Å². The molecule has 0 atom stereocenters. The lowest BCUT2D eigenvalue weighted by Crippen LogP contribution is -2.01. The zero-order chi connectivity index (χ0) is 13.8. The molecule has 0 saturated heterocycles. The zero-order valence-electron chi connectivity index (χ0n) is 10.8. The molecule has 0 heterocycles. The van der Waals surface area contributed by atoms with Crippen LogP contribution in [0.2, 0.25) is 0 Å². The molecule has 0 radical (unpaired) electrons. The highest BCUT2D eigenvalue weighted by Gasteiger charge is 2.04. The first-order valence-corrected chi connectivity index (χ1v) is 7.52. The fourth-order valence-electron chi connectivity index (χ4n) is 1.80. The van der Waals surface area contributed by atoms with Gasteiger partial charge in [0.15, 0.2) is 0 Å². The largest absolute Gasteiger partial charge is 0.496 e. The van der Waals surface area contributed by atoms with Gasteiger partial charge in [0, 0.05) is 16.7 Å². The number of hydrogen-bond acceptors (Lipinski definition) is 2. The average Bonchev–Trinajstić information content (AvgIpc) is 2.40. The van der Waals surface area contributed by atoms with Crippen molar-refractivity contribution in [1.82, 2.24) is 0 Å². The summed E-state index contributed by atoms with van der Waals surface area (Å²) < 4.78 is 7.31. The van der Waals surface area contributed by atoms with Gasteiger partial charge in [-0.1, -0.05) is 18.2 Å². The molecule has 0 amide bonds. The Bertz CT molecular complexity index is 584. The average molecular weight is 385 g/mol. The maximum Gasteiger partial charge on any atom is 0.133 e. The summed E-state index contributed by atoms with van der Waals surface area (Å²) in [4.78, 5) is 0. The van der Waals surface area contributed by atoms with Crippen LogP contribution in [-0.2, 0) is 6.54 Å². The van der Waals surface area contributed by atoms with Gasteiger partial charge < -0.3 is 10.1 Å². The van der Waals surface area contributed by atoms with Crippen molar-refractivity contribution in [2.24, 2.45) is 0 Å². The van der Waals surface area contributed by atoms with E-state index in [4.69, 9.17) is 4.74 Å². The third kappa shape index (κ3) is 3.51. The van der Waals surface area contributed by atoms with E-state index in [1.54, 1.807) is 7.11 Å². The van der Waals surface area contributed by atoms with Gasteiger partial charge in [0.1, 0.15) is 5.75 Å². The van der Waals surface area contributed by atoms with Gasteiger partial charge >= 0.3 is 0 Å². The monoisotopic (exact) mass is 383 g/mol. The quantitative estimate of drug-likeness (QED) is 0.787. The van der Waals surface area contributed by atoms with Gasteiger partial charge in [-0.05, 0) is 68.1 Å². The Morgan fingerprint density at radius 1 is 1.16 bits per heavy atom. The van der Waals surface area contributed by atoms with Gasteiger partial charge in [-0.15, -0.1) is 0 Å². The van der Waals surface area contributed by atoms with Crippen LogP contribution in [0.1, 0.15) is 11.1 Å². The lowest BCUT2D eigenvalue weighted by molar-refractivity contribution is 0.412. The lowest BCUT2D eigenvalue weighted by atomic mass is 10.2. The molecule has 4 heteroatoms. The maximum atomic E-state index is 5.22. The van der Waals surface area contributed by atoms with Crippen LogP contribution in [0, 0.1) is 6.92 Å². The molecular formula is C15H15Br2NO. The van der Waals surface area contributed by atoms with Crippen molar-refractivity contribution in [1.29, 1.82) is 0 Å². The summed E-state index contributed by atoms with van der Waals surface area (Å²) in [5, 5.41) is 3.43. The van der Waals surface area contributed by atoms with E-state index in [1.807, 2.05) is 12.1 Å². The Hall–Kier alpha value is -1.000. The van der Waals surface area contributed by atoms with Gasteiger partial charge in [-0.3, -0.25) is 0 Å². The minimum Gasteiger partial charge on any atom is -0.496 e. The van der Waals surface area contributed by atoms with Crippen molar-refractivity contribution in [3.63, 3.8) is 0 Å². The highest BCUT2D eigenvalue weighted by molar-refractivity contribution is 9.11. The number of benzene rings is 2. The fourth-order valence-corrected chi connectivity index (χ4v) is 2.79. The Labute approximate surface area is 130 Å². The first-order chi connectivity index (χ1) is 9.11.